The van der Waals surface area contributed by atoms with Gasteiger partial charge in [-0.3, -0.25) is 14.9 Å². The molecule has 32 heavy (non-hydrogen) atoms. The molecule has 2 fully saturated rings. The van der Waals surface area contributed by atoms with Crippen LogP contribution >= 0.6 is 11.8 Å². The fourth-order valence-electron chi connectivity index (χ4n) is 3.75. The van der Waals surface area contributed by atoms with Crippen LogP contribution in [0.4, 0.5) is 5.69 Å². The molecule has 0 spiro atoms. The lowest BCUT2D eigenvalue weighted by Crippen LogP contribution is -2.58. The van der Waals surface area contributed by atoms with Gasteiger partial charge >= 0.3 is 5.97 Å². The molecule has 2 aliphatic heterocycles. The van der Waals surface area contributed by atoms with E-state index in [1.54, 1.807) is 7.05 Å². The number of rotatable bonds is 7. The van der Waals surface area contributed by atoms with Crippen molar-refractivity contribution in [3.63, 3.8) is 0 Å². The Balaban J connectivity index is 1.55. The normalized spacial score (nSPS) is 25.8. The number of non-ortho nitro benzene ring substituents is 1. The third-order valence-corrected chi connectivity index (χ3v) is 9.94. The summed E-state index contributed by atoms with van der Waals surface area (Å²) in [5.41, 5.74) is 0.372. The van der Waals surface area contributed by atoms with Crippen LogP contribution in [0.3, 0.4) is 0 Å². The summed E-state index contributed by atoms with van der Waals surface area (Å²) in [7, 11) is -2.29. The molecule has 15 heteroatoms. The van der Waals surface area contributed by atoms with Crippen molar-refractivity contribution in [2.75, 3.05) is 5.75 Å². The van der Waals surface area contributed by atoms with Gasteiger partial charge in [-0.15, -0.1) is 5.10 Å². The number of nitro groups is 1. The summed E-state index contributed by atoms with van der Waals surface area (Å²) in [5, 5.41) is 21.1. The van der Waals surface area contributed by atoms with Gasteiger partial charge in [0.1, 0.15) is 16.7 Å². The van der Waals surface area contributed by atoms with E-state index >= 15 is 0 Å². The second kappa shape index (κ2) is 7.81. The summed E-state index contributed by atoms with van der Waals surface area (Å²) in [6, 6.07) is 4.09. The summed E-state index contributed by atoms with van der Waals surface area (Å²) in [6.45, 7) is 1.19. The monoisotopic (exact) mass is 482 g/mol. The van der Waals surface area contributed by atoms with Gasteiger partial charge in [0.15, 0.2) is 15.9 Å². The number of tetrazole rings is 1. The van der Waals surface area contributed by atoms with E-state index in [9.17, 15) is 28.1 Å². The topological polar surface area (TPSA) is 167 Å². The first-order valence-corrected chi connectivity index (χ1v) is 11.9. The number of nitro benzene ring substituents is 1. The number of esters is 1. The SMILES string of the molecule is Cn1nnnc1SC[C@@]1(C)[C@H](C(=O)OCc2ccc([N+](=O)[O-])cc2)N2C(=O)C[C@@H]2S1(=O)=O. The predicted molar refractivity (Wildman–Crippen MR) is 109 cm³/mol. The molecular formula is C17H18N6O7S2. The van der Waals surface area contributed by atoms with E-state index < -0.39 is 42.8 Å². The van der Waals surface area contributed by atoms with E-state index in [2.05, 4.69) is 15.5 Å². The fraction of sp³-hybridized carbons (Fsp3) is 0.471. The van der Waals surface area contributed by atoms with E-state index in [1.165, 1.54) is 35.9 Å². The van der Waals surface area contributed by atoms with E-state index in [1.807, 2.05) is 0 Å². The van der Waals surface area contributed by atoms with E-state index in [0.29, 0.717) is 10.7 Å². The number of nitrogens with zero attached hydrogens (tertiary/aromatic N) is 6. The number of carbonyl (C=O) groups is 2. The van der Waals surface area contributed by atoms with Crippen molar-refractivity contribution in [2.24, 2.45) is 7.05 Å². The Bertz CT molecular complexity index is 1200. The van der Waals surface area contributed by atoms with Crippen LogP contribution in [0.1, 0.15) is 18.9 Å². The minimum atomic E-state index is -3.89. The molecule has 4 rings (SSSR count). The van der Waals surface area contributed by atoms with Gasteiger partial charge in [0.05, 0.1) is 11.3 Å². The lowest BCUT2D eigenvalue weighted by Gasteiger charge is -2.36. The number of hydrogen-bond acceptors (Lipinski definition) is 11. The van der Waals surface area contributed by atoms with Gasteiger partial charge in [-0.05, 0) is 35.0 Å². The molecule has 3 atom stereocenters. The quantitative estimate of drug-likeness (QED) is 0.172. The number of ether oxygens (including phenoxy) is 1. The summed E-state index contributed by atoms with van der Waals surface area (Å²) < 4.78 is 31.5. The first-order chi connectivity index (χ1) is 15.1. The highest BCUT2D eigenvalue weighted by Crippen LogP contribution is 2.48. The molecule has 1 aromatic heterocycles. The third-order valence-electron chi connectivity index (χ3n) is 5.63. The molecule has 3 heterocycles. The molecule has 1 amide bonds. The smallest absolute Gasteiger partial charge is 0.330 e. The van der Waals surface area contributed by atoms with Crippen LogP contribution in [-0.4, -0.2) is 72.2 Å². The maximum atomic E-state index is 13.2. The summed E-state index contributed by atoms with van der Waals surface area (Å²) in [5.74, 6) is -1.37. The van der Waals surface area contributed by atoms with Gasteiger partial charge in [0, 0.05) is 24.9 Å². The second-order valence-corrected chi connectivity index (χ2v) is 11.1. The van der Waals surface area contributed by atoms with Gasteiger partial charge in [0.2, 0.25) is 11.1 Å². The first-order valence-electron chi connectivity index (χ1n) is 9.36. The Labute approximate surface area is 186 Å². The molecule has 2 aromatic rings. The van der Waals surface area contributed by atoms with E-state index in [-0.39, 0.29) is 24.5 Å². The van der Waals surface area contributed by atoms with Crippen molar-refractivity contribution >= 4 is 39.2 Å². The highest BCUT2D eigenvalue weighted by molar-refractivity contribution is 8.01. The molecule has 1 aromatic carbocycles. The number of aryl methyl sites for hydroxylation is 1. The molecule has 13 nitrogen and oxygen atoms in total. The number of thioether (sulfide) groups is 1. The molecule has 0 radical (unpaired) electrons. The van der Waals surface area contributed by atoms with Crippen LogP contribution < -0.4 is 0 Å². The van der Waals surface area contributed by atoms with Crippen LogP contribution in [0, 0.1) is 10.1 Å². The zero-order chi connectivity index (χ0) is 23.3. The number of aromatic nitrogens is 4. The van der Waals surface area contributed by atoms with Crippen LogP contribution in [0.5, 0.6) is 0 Å². The predicted octanol–water partition coefficient (Wildman–Crippen LogP) is 0.0679. The maximum Gasteiger partial charge on any atom is 0.330 e. The molecule has 2 aliphatic rings. The third kappa shape index (κ3) is 3.40. The number of fused-ring (bicyclic) bond motifs is 1. The number of carbonyl (C=O) groups excluding carboxylic acids is 2. The van der Waals surface area contributed by atoms with Crippen molar-refractivity contribution < 1.29 is 27.7 Å². The van der Waals surface area contributed by atoms with Crippen molar-refractivity contribution in [1.82, 2.24) is 25.1 Å². The number of sulfone groups is 1. The molecular weight excluding hydrogens is 464 g/mol. The van der Waals surface area contributed by atoms with E-state index in [0.717, 1.165) is 16.7 Å². The summed E-state index contributed by atoms with van der Waals surface area (Å²) in [6.07, 6.45) is -0.180. The van der Waals surface area contributed by atoms with Gasteiger partial charge in [-0.25, -0.2) is 17.9 Å². The van der Waals surface area contributed by atoms with Gasteiger partial charge in [-0.1, -0.05) is 11.8 Å². The number of β-lactam (4-membered cyclic amide) rings is 1. The van der Waals surface area contributed by atoms with Crippen molar-refractivity contribution in [2.45, 2.75) is 41.3 Å². The Morgan fingerprint density at radius 2 is 2.06 bits per heavy atom. The van der Waals surface area contributed by atoms with Crippen LogP contribution in [0.15, 0.2) is 29.4 Å². The molecule has 170 valence electrons. The average Bonchev–Trinajstić information content (AvgIpc) is 3.21. The minimum Gasteiger partial charge on any atom is -0.459 e. The van der Waals surface area contributed by atoms with Crippen molar-refractivity contribution in [3.05, 3.63) is 39.9 Å². The second-order valence-electron chi connectivity index (χ2n) is 7.63. The Kier molecular flexibility index (Phi) is 5.40. The van der Waals surface area contributed by atoms with E-state index in [4.69, 9.17) is 4.74 Å². The highest BCUT2D eigenvalue weighted by Gasteiger charge is 2.70. The zero-order valence-electron chi connectivity index (χ0n) is 16.9. The zero-order valence-corrected chi connectivity index (χ0v) is 18.6. The first kappa shape index (κ1) is 22.1. The molecule has 0 bridgehead atoms. The van der Waals surface area contributed by atoms with Gasteiger partial charge < -0.3 is 9.64 Å². The molecule has 0 unspecified atom stereocenters. The Hall–Kier alpha value is -3.07. The minimum absolute atomic E-state index is 0.0683. The van der Waals surface area contributed by atoms with Gasteiger partial charge in [-0.2, -0.15) is 0 Å². The summed E-state index contributed by atoms with van der Waals surface area (Å²) in [4.78, 5) is 36.5. The summed E-state index contributed by atoms with van der Waals surface area (Å²) >= 11 is 1.06. The van der Waals surface area contributed by atoms with Gasteiger partial charge in [0.25, 0.3) is 5.69 Å². The standard InChI is InChI=1S/C17H18N6O7S2/c1-17(9-31-16-18-19-20-21(16)2)14(22-12(24)7-13(22)32(17,28)29)15(25)30-8-10-3-5-11(6-4-10)23(26)27/h3-6,13-14H,7-9H2,1-2H3/t13-,14-,17-/m0/s1. The fourth-order valence-corrected chi connectivity index (χ4v) is 7.52. The molecule has 2 saturated heterocycles. The van der Waals surface area contributed by atoms with Crippen molar-refractivity contribution in [1.29, 1.82) is 0 Å². The maximum absolute atomic E-state index is 13.2. The number of amides is 1. The van der Waals surface area contributed by atoms with Crippen LogP contribution in [-0.2, 0) is 37.8 Å². The van der Waals surface area contributed by atoms with Crippen LogP contribution in [0.25, 0.3) is 0 Å². The van der Waals surface area contributed by atoms with Crippen molar-refractivity contribution in [3.8, 4) is 0 Å². The largest absolute Gasteiger partial charge is 0.459 e. The molecule has 0 saturated carbocycles. The lowest BCUT2D eigenvalue weighted by atomic mass is 9.98. The molecule has 0 aliphatic carbocycles. The highest BCUT2D eigenvalue weighted by atomic mass is 32.2. The lowest BCUT2D eigenvalue weighted by molar-refractivity contribution is -0.384. The van der Waals surface area contributed by atoms with Crippen LogP contribution in [0.2, 0.25) is 0 Å². The average molecular weight is 483 g/mol. The number of hydrogen-bond donors (Lipinski definition) is 0. The Morgan fingerprint density at radius 3 is 2.62 bits per heavy atom. The molecule has 0 N–H and O–H groups in total. The Morgan fingerprint density at radius 1 is 1.38 bits per heavy atom. The number of benzene rings is 1.